The molecule has 1 atom stereocenters. The van der Waals surface area contributed by atoms with Gasteiger partial charge in [-0.3, -0.25) is 4.98 Å². The standard InChI is InChI=1S/C14H17F3N2O/c1-8(2)11-13(3,4)20-12(19-11)10-6-5-9(7-18-10)14(15,16)17/h5-8,11H,1-4H3/t11-/m0/s1. The van der Waals surface area contributed by atoms with E-state index in [2.05, 4.69) is 9.98 Å². The van der Waals surface area contributed by atoms with Gasteiger partial charge in [0.2, 0.25) is 5.90 Å². The molecule has 0 aromatic carbocycles. The highest BCUT2D eigenvalue weighted by Crippen LogP contribution is 2.33. The first kappa shape index (κ1) is 14.8. The monoisotopic (exact) mass is 286 g/mol. The first-order valence-corrected chi connectivity index (χ1v) is 6.41. The number of aliphatic imine (C=N–C) groups is 1. The van der Waals surface area contributed by atoms with E-state index in [4.69, 9.17) is 4.74 Å². The van der Waals surface area contributed by atoms with Crippen molar-refractivity contribution in [3.05, 3.63) is 29.6 Å². The zero-order valence-electron chi connectivity index (χ0n) is 11.8. The highest BCUT2D eigenvalue weighted by molar-refractivity contribution is 5.93. The molecule has 0 fully saturated rings. The molecular weight excluding hydrogens is 269 g/mol. The number of alkyl halides is 3. The molecule has 1 aliphatic heterocycles. The van der Waals surface area contributed by atoms with Crippen LogP contribution in [0.3, 0.4) is 0 Å². The van der Waals surface area contributed by atoms with Crippen LogP contribution < -0.4 is 0 Å². The van der Waals surface area contributed by atoms with Gasteiger partial charge in [0.1, 0.15) is 11.3 Å². The smallest absolute Gasteiger partial charge is 0.417 e. The fourth-order valence-electron chi connectivity index (χ4n) is 2.38. The van der Waals surface area contributed by atoms with Crippen molar-refractivity contribution in [1.29, 1.82) is 0 Å². The molecule has 0 unspecified atom stereocenters. The average Bonchev–Trinajstić information content (AvgIpc) is 2.64. The van der Waals surface area contributed by atoms with Crippen LogP contribution in [-0.2, 0) is 10.9 Å². The van der Waals surface area contributed by atoms with Crippen LogP contribution in [0.4, 0.5) is 13.2 Å². The predicted octanol–water partition coefficient (Wildman–Crippen LogP) is 3.68. The van der Waals surface area contributed by atoms with Crippen LogP contribution in [0.5, 0.6) is 0 Å². The summed E-state index contributed by atoms with van der Waals surface area (Å²) in [7, 11) is 0. The van der Waals surface area contributed by atoms with Gasteiger partial charge < -0.3 is 4.74 Å². The van der Waals surface area contributed by atoms with Crippen LogP contribution in [-0.4, -0.2) is 22.5 Å². The Labute approximate surface area is 115 Å². The lowest BCUT2D eigenvalue weighted by atomic mass is 9.90. The molecule has 0 radical (unpaired) electrons. The lowest BCUT2D eigenvalue weighted by Gasteiger charge is -2.27. The van der Waals surface area contributed by atoms with Crippen LogP contribution in [0.2, 0.25) is 0 Å². The number of hydrogen-bond donors (Lipinski definition) is 0. The number of hydrogen-bond acceptors (Lipinski definition) is 3. The van der Waals surface area contributed by atoms with Crippen LogP contribution in [0.25, 0.3) is 0 Å². The van der Waals surface area contributed by atoms with Gasteiger partial charge in [-0.05, 0) is 31.9 Å². The molecule has 0 saturated heterocycles. The van der Waals surface area contributed by atoms with Crippen molar-refractivity contribution in [2.24, 2.45) is 10.9 Å². The summed E-state index contributed by atoms with van der Waals surface area (Å²) in [6.07, 6.45) is -3.58. The zero-order chi connectivity index (χ0) is 15.1. The molecule has 6 heteroatoms. The van der Waals surface area contributed by atoms with Gasteiger partial charge in [-0.15, -0.1) is 0 Å². The number of pyridine rings is 1. The molecule has 0 aliphatic carbocycles. The van der Waals surface area contributed by atoms with E-state index in [1.807, 2.05) is 27.7 Å². The van der Waals surface area contributed by atoms with Gasteiger partial charge >= 0.3 is 6.18 Å². The van der Waals surface area contributed by atoms with Gasteiger partial charge in [0.15, 0.2) is 0 Å². The Bertz CT molecular complexity index is 518. The molecule has 3 nitrogen and oxygen atoms in total. The van der Waals surface area contributed by atoms with E-state index in [9.17, 15) is 13.2 Å². The molecule has 1 aromatic rings. The van der Waals surface area contributed by atoms with Gasteiger partial charge in [0.25, 0.3) is 0 Å². The molecule has 2 rings (SSSR count). The highest BCUT2D eigenvalue weighted by Gasteiger charge is 2.41. The third kappa shape index (κ3) is 2.78. The largest absolute Gasteiger partial charge is 0.468 e. The molecule has 0 N–H and O–H groups in total. The zero-order valence-corrected chi connectivity index (χ0v) is 11.8. The molecule has 1 aromatic heterocycles. The molecule has 110 valence electrons. The van der Waals surface area contributed by atoms with Crippen molar-refractivity contribution >= 4 is 5.90 Å². The Morgan fingerprint density at radius 2 is 1.90 bits per heavy atom. The van der Waals surface area contributed by atoms with Crippen LogP contribution >= 0.6 is 0 Å². The SMILES string of the molecule is CC(C)[C@@H]1N=C(c2ccc(C(F)(F)F)cn2)OC1(C)C. The summed E-state index contributed by atoms with van der Waals surface area (Å²) >= 11 is 0. The molecule has 0 saturated carbocycles. The number of ether oxygens (including phenoxy) is 1. The first-order chi connectivity index (χ1) is 9.11. The molecule has 0 bridgehead atoms. The Morgan fingerprint density at radius 3 is 2.30 bits per heavy atom. The van der Waals surface area contributed by atoms with Crippen molar-refractivity contribution in [2.45, 2.75) is 45.5 Å². The molecule has 1 aliphatic rings. The first-order valence-electron chi connectivity index (χ1n) is 6.41. The minimum absolute atomic E-state index is 0.0402. The van der Waals surface area contributed by atoms with Crippen LogP contribution in [0.1, 0.15) is 39.0 Å². The lowest BCUT2D eigenvalue weighted by molar-refractivity contribution is -0.137. The Hall–Kier alpha value is -1.59. The van der Waals surface area contributed by atoms with Crippen molar-refractivity contribution in [2.75, 3.05) is 0 Å². The van der Waals surface area contributed by atoms with Crippen LogP contribution in [0, 0.1) is 5.92 Å². The van der Waals surface area contributed by atoms with E-state index in [0.29, 0.717) is 11.6 Å². The molecule has 20 heavy (non-hydrogen) atoms. The number of rotatable bonds is 2. The summed E-state index contributed by atoms with van der Waals surface area (Å²) in [5.41, 5.74) is -0.929. The summed E-state index contributed by atoms with van der Waals surface area (Å²) in [6, 6.07) is 2.24. The Balaban J connectivity index is 2.27. The van der Waals surface area contributed by atoms with E-state index in [0.717, 1.165) is 12.3 Å². The van der Waals surface area contributed by atoms with E-state index >= 15 is 0 Å². The lowest BCUT2D eigenvalue weighted by Crippen LogP contribution is -2.36. The van der Waals surface area contributed by atoms with Crippen molar-refractivity contribution in [3.63, 3.8) is 0 Å². The number of halogens is 3. The number of aromatic nitrogens is 1. The maximum Gasteiger partial charge on any atom is 0.417 e. The second-order valence-electron chi connectivity index (χ2n) is 5.76. The third-order valence-corrected chi connectivity index (χ3v) is 3.27. The summed E-state index contributed by atoms with van der Waals surface area (Å²) < 4.78 is 43.2. The second kappa shape index (κ2) is 4.75. The normalized spacial score (nSPS) is 21.8. The molecule has 0 amide bonds. The van der Waals surface area contributed by atoms with Gasteiger partial charge in [0, 0.05) is 6.20 Å². The Kier molecular flexibility index (Phi) is 3.52. The van der Waals surface area contributed by atoms with Crippen LogP contribution in [0.15, 0.2) is 23.3 Å². The van der Waals surface area contributed by atoms with Gasteiger partial charge in [-0.1, -0.05) is 13.8 Å². The molecule has 2 heterocycles. The van der Waals surface area contributed by atoms with E-state index < -0.39 is 17.3 Å². The summed E-state index contributed by atoms with van der Waals surface area (Å²) in [5, 5.41) is 0. The second-order valence-corrected chi connectivity index (χ2v) is 5.76. The molecule has 0 spiro atoms. The summed E-state index contributed by atoms with van der Waals surface area (Å²) in [6.45, 7) is 7.89. The predicted molar refractivity (Wildman–Crippen MR) is 69.6 cm³/mol. The average molecular weight is 286 g/mol. The summed E-state index contributed by atoms with van der Waals surface area (Å²) in [4.78, 5) is 8.26. The quantitative estimate of drug-likeness (QED) is 0.831. The minimum atomic E-state index is -4.39. The van der Waals surface area contributed by atoms with E-state index in [1.54, 1.807) is 0 Å². The van der Waals surface area contributed by atoms with Crippen molar-refractivity contribution in [3.8, 4) is 0 Å². The maximum absolute atomic E-state index is 12.5. The topological polar surface area (TPSA) is 34.5 Å². The highest BCUT2D eigenvalue weighted by atomic mass is 19.4. The van der Waals surface area contributed by atoms with Gasteiger partial charge in [0.05, 0.1) is 11.6 Å². The molecular formula is C14H17F3N2O. The van der Waals surface area contributed by atoms with Gasteiger partial charge in [-0.25, -0.2) is 4.99 Å². The van der Waals surface area contributed by atoms with Gasteiger partial charge in [-0.2, -0.15) is 13.2 Å². The fourth-order valence-corrected chi connectivity index (χ4v) is 2.38. The third-order valence-electron chi connectivity index (χ3n) is 3.27. The fraction of sp³-hybridized carbons (Fsp3) is 0.571. The minimum Gasteiger partial charge on any atom is -0.468 e. The maximum atomic E-state index is 12.5. The van der Waals surface area contributed by atoms with E-state index in [1.165, 1.54) is 6.07 Å². The summed E-state index contributed by atoms with van der Waals surface area (Å²) in [5.74, 6) is 0.583. The number of nitrogens with zero attached hydrogens (tertiary/aromatic N) is 2. The van der Waals surface area contributed by atoms with Crippen molar-refractivity contribution in [1.82, 2.24) is 4.98 Å². The van der Waals surface area contributed by atoms with E-state index in [-0.39, 0.29) is 12.0 Å². The Morgan fingerprint density at radius 1 is 1.25 bits per heavy atom. The van der Waals surface area contributed by atoms with Crippen molar-refractivity contribution < 1.29 is 17.9 Å².